The van der Waals surface area contributed by atoms with Crippen molar-refractivity contribution in [2.24, 2.45) is 5.92 Å². The standard InChI is InChI=1S/C16H22BrNO/c17-15-10-13(9-14-3-1-2-8-18-14)6-7-16(15)19-11-12-4-5-12/h6-7,10,12,14,18H,1-5,8-9,11H2. The molecule has 3 heteroatoms. The lowest BCUT2D eigenvalue weighted by molar-refractivity contribution is 0.298. The average molecular weight is 324 g/mol. The Kier molecular flexibility index (Phi) is 4.44. The van der Waals surface area contributed by atoms with Gasteiger partial charge in [-0.25, -0.2) is 0 Å². The number of benzene rings is 1. The molecule has 1 heterocycles. The molecule has 1 saturated heterocycles. The molecule has 0 bridgehead atoms. The first-order valence-electron chi connectivity index (χ1n) is 7.46. The highest BCUT2D eigenvalue weighted by molar-refractivity contribution is 9.10. The van der Waals surface area contributed by atoms with Crippen LogP contribution in [0.3, 0.4) is 0 Å². The van der Waals surface area contributed by atoms with Gasteiger partial charge in [0.15, 0.2) is 0 Å². The summed E-state index contributed by atoms with van der Waals surface area (Å²) in [6.45, 7) is 2.05. The molecule has 1 aliphatic heterocycles. The highest BCUT2D eigenvalue weighted by atomic mass is 79.9. The first-order valence-corrected chi connectivity index (χ1v) is 8.25. The summed E-state index contributed by atoms with van der Waals surface area (Å²) < 4.78 is 6.94. The molecule has 1 unspecified atom stereocenters. The van der Waals surface area contributed by atoms with Crippen LogP contribution >= 0.6 is 15.9 Å². The van der Waals surface area contributed by atoms with Gasteiger partial charge in [0.2, 0.25) is 0 Å². The minimum absolute atomic E-state index is 0.652. The Morgan fingerprint density at radius 2 is 2.11 bits per heavy atom. The van der Waals surface area contributed by atoms with E-state index >= 15 is 0 Å². The second-order valence-electron chi connectivity index (χ2n) is 5.87. The molecule has 3 rings (SSSR count). The smallest absolute Gasteiger partial charge is 0.133 e. The van der Waals surface area contributed by atoms with E-state index in [9.17, 15) is 0 Å². The number of rotatable bonds is 5. The first kappa shape index (κ1) is 13.4. The van der Waals surface area contributed by atoms with Crippen LogP contribution < -0.4 is 10.1 Å². The highest BCUT2D eigenvalue weighted by Crippen LogP contribution is 2.32. The summed E-state index contributed by atoms with van der Waals surface area (Å²) >= 11 is 3.64. The maximum atomic E-state index is 5.84. The van der Waals surface area contributed by atoms with E-state index in [1.165, 1.54) is 44.2 Å². The van der Waals surface area contributed by atoms with Crippen molar-refractivity contribution in [3.05, 3.63) is 28.2 Å². The zero-order valence-electron chi connectivity index (χ0n) is 11.3. The van der Waals surface area contributed by atoms with Crippen LogP contribution in [0.1, 0.15) is 37.7 Å². The minimum Gasteiger partial charge on any atom is -0.492 e. The van der Waals surface area contributed by atoms with E-state index < -0.39 is 0 Å². The molecule has 19 heavy (non-hydrogen) atoms. The van der Waals surface area contributed by atoms with Crippen molar-refractivity contribution >= 4 is 15.9 Å². The summed E-state index contributed by atoms with van der Waals surface area (Å²) in [6, 6.07) is 7.20. The van der Waals surface area contributed by atoms with E-state index in [1.807, 2.05) is 0 Å². The van der Waals surface area contributed by atoms with Crippen molar-refractivity contribution in [2.45, 2.75) is 44.6 Å². The zero-order valence-corrected chi connectivity index (χ0v) is 12.9. The SMILES string of the molecule is Brc1cc(CC2CCCCN2)ccc1OCC1CC1. The van der Waals surface area contributed by atoms with E-state index in [4.69, 9.17) is 4.74 Å². The molecule has 104 valence electrons. The third-order valence-corrected chi connectivity index (χ3v) is 4.68. The van der Waals surface area contributed by atoms with Crippen LogP contribution in [0.5, 0.6) is 5.75 Å². The molecular formula is C16H22BrNO. The van der Waals surface area contributed by atoms with Crippen LogP contribution in [-0.4, -0.2) is 19.2 Å². The van der Waals surface area contributed by atoms with Gasteiger partial charge in [0.05, 0.1) is 11.1 Å². The molecule has 1 aliphatic carbocycles. The molecule has 0 radical (unpaired) electrons. The number of hydrogen-bond acceptors (Lipinski definition) is 2. The summed E-state index contributed by atoms with van der Waals surface area (Å²) in [5.41, 5.74) is 1.39. The van der Waals surface area contributed by atoms with E-state index in [0.29, 0.717) is 6.04 Å². The summed E-state index contributed by atoms with van der Waals surface area (Å²) in [5, 5.41) is 3.60. The summed E-state index contributed by atoms with van der Waals surface area (Å²) in [5.74, 6) is 1.80. The van der Waals surface area contributed by atoms with Gasteiger partial charge in [0, 0.05) is 6.04 Å². The van der Waals surface area contributed by atoms with Crippen molar-refractivity contribution in [3.8, 4) is 5.75 Å². The van der Waals surface area contributed by atoms with Crippen molar-refractivity contribution in [2.75, 3.05) is 13.2 Å². The van der Waals surface area contributed by atoms with Gasteiger partial charge in [0.25, 0.3) is 0 Å². The van der Waals surface area contributed by atoms with Crippen molar-refractivity contribution in [3.63, 3.8) is 0 Å². The molecule has 0 amide bonds. The largest absolute Gasteiger partial charge is 0.492 e. The van der Waals surface area contributed by atoms with Gasteiger partial charge in [-0.3, -0.25) is 0 Å². The number of halogens is 1. The Labute approximate surface area is 124 Å². The molecule has 1 aromatic carbocycles. The Morgan fingerprint density at radius 3 is 2.79 bits per heavy atom. The number of ether oxygens (including phenoxy) is 1. The lowest BCUT2D eigenvalue weighted by Crippen LogP contribution is -2.35. The monoisotopic (exact) mass is 323 g/mol. The summed E-state index contributed by atoms with van der Waals surface area (Å²) in [6.07, 6.45) is 7.79. The Morgan fingerprint density at radius 1 is 1.21 bits per heavy atom. The lowest BCUT2D eigenvalue weighted by Gasteiger charge is -2.23. The van der Waals surface area contributed by atoms with Crippen LogP contribution in [0.4, 0.5) is 0 Å². The van der Waals surface area contributed by atoms with Crippen LogP contribution in [0.25, 0.3) is 0 Å². The second kappa shape index (κ2) is 6.27. The van der Waals surface area contributed by atoms with E-state index in [0.717, 1.165) is 29.2 Å². The van der Waals surface area contributed by atoms with Crippen LogP contribution in [0.2, 0.25) is 0 Å². The molecule has 2 fully saturated rings. The molecular weight excluding hydrogens is 302 g/mol. The third kappa shape index (κ3) is 3.96. The Hall–Kier alpha value is -0.540. The van der Waals surface area contributed by atoms with Crippen molar-refractivity contribution in [1.82, 2.24) is 5.32 Å². The topological polar surface area (TPSA) is 21.3 Å². The molecule has 0 spiro atoms. The van der Waals surface area contributed by atoms with E-state index in [-0.39, 0.29) is 0 Å². The average Bonchev–Trinajstić information content (AvgIpc) is 3.23. The number of nitrogens with one attached hydrogen (secondary N) is 1. The highest BCUT2D eigenvalue weighted by Gasteiger charge is 2.22. The minimum atomic E-state index is 0.652. The zero-order chi connectivity index (χ0) is 13.1. The molecule has 1 N–H and O–H groups in total. The molecule has 1 atom stereocenters. The van der Waals surface area contributed by atoms with Gasteiger partial charge < -0.3 is 10.1 Å². The van der Waals surface area contributed by atoms with E-state index in [1.54, 1.807) is 0 Å². The fourth-order valence-corrected chi connectivity index (χ4v) is 3.20. The fourth-order valence-electron chi connectivity index (χ4n) is 2.66. The van der Waals surface area contributed by atoms with Gasteiger partial charge >= 0.3 is 0 Å². The van der Waals surface area contributed by atoms with Gasteiger partial charge in [-0.1, -0.05) is 12.5 Å². The molecule has 2 aliphatic rings. The van der Waals surface area contributed by atoms with Crippen molar-refractivity contribution in [1.29, 1.82) is 0 Å². The van der Waals surface area contributed by atoms with Gasteiger partial charge in [-0.15, -0.1) is 0 Å². The molecule has 1 saturated carbocycles. The number of hydrogen-bond donors (Lipinski definition) is 1. The Bertz CT molecular complexity index is 425. The molecule has 1 aromatic rings. The Balaban J connectivity index is 1.57. The quantitative estimate of drug-likeness (QED) is 0.886. The van der Waals surface area contributed by atoms with Crippen LogP contribution in [0.15, 0.2) is 22.7 Å². The normalized spacial score (nSPS) is 23.3. The van der Waals surface area contributed by atoms with Gasteiger partial charge in [-0.2, -0.15) is 0 Å². The molecule has 2 nitrogen and oxygen atoms in total. The van der Waals surface area contributed by atoms with Crippen LogP contribution in [0, 0.1) is 5.92 Å². The maximum Gasteiger partial charge on any atom is 0.133 e. The van der Waals surface area contributed by atoms with Crippen molar-refractivity contribution < 1.29 is 4.74 Å². The maximum absolute atomic E-state index is 5.84. The van der Waals surface area contributed by atoms with Crippen LogP contribution in [-0.2, 0) is 6.42 Å². The third-order valence-electron chi connectivity index (χ3n) is 4.06. The summed E-state index contributed by atoms with van der Waals surface area (Å²) in [4.78, 5) is 0. The first-order chi connectivity index (χ1) is 9.31. The van der Waals surface area contributed by atoms with E-state index in [2.05, 4.69) is 39.4 Å². The second-order valence-corrected chi connectivity index (χ2v) is 6.72. The summed E-state index contributed by atoms with van der Waals surface area (Å²) in [7, 11) is 0. The fraction of sp³-hybridized carbons (Fsp3) is 0.625. The van der Waals surface area contributed by atoms with Gasteiger partial charge in [0.1, 0.15) is 5.75 Å². The predicted octanol–water partition coefficient (Wildman–Crippen LogP) is 3.92. The lowest BCUT2D eigenvalue weighted by atomic mass is 9.98. The molecule has 0 aromatic heterocycles. The predicted molar refractivity (Wildman–Crippen MR) is 81.7 cm³/mol. The number of piperidine rings is 1. The van der Waals surface area contributed by atoms with Gasteiger partial charge in [-0.05, 0) is 78.2 Å².